The number of rotatable bonds is 7. The van der Waals surface area contributed by atoms with Crippen LogP contribution in [0.2, 0.25) is 0 Å². The van der Waals surface area contributed by atoms with Gasteiger partial charge in [-0.15, -0.1) is 18.2 Å². The number of amides is 2. The fraction of sp³-hybridized carbons (Fsp3) is 0.238. The minimum absolute atomic E-state index is 0.0896. The molecule has 140 valence electrons. The van der Waals surface area contributed by atoms with Crippen molar-refractivity contribution in [3.8, 4) is 12.3 Å². The first kappa shape index (κ1) is 20.5. The molecule has 6 heteroatoms. The maximum Gasteiger partial charge on any atom is 0.236 e. The van der Waals surface area contributed by atoms with Gasteiger partial charge in [-0.1, -0.05) is 18.1 Å². The Morgan fingerprint density at radius 1 is 1.19 bits per heavy atom. The van der Waals surface area contributed by atoms with Gasteiger partial charge in [-0.2, -0.15) is 0 Å². The summed E-state index contributed by atoms with van der Waals surface area (Å²) in [4.78, 5) is 26.4. The summed E-state index contributed by atoms with van der Waals surface area (Å²) in [5.74, 6) is 1.96. The average Bonchev–Trinajstić information content (AvgIpc) is 2.63. The van der Waals surface area contributed by atoms with Crippen LogP contribution >= 0.6 is 11.8 Å². The van der Waals surface area contributed by atoms with Crippen molar-refractivity contribution in [2.45, 2.75) is 30.5 Å². The molecule has 0 spiro atoms. The van der Waals surface area contributed by atoms with E-state index in [2.05, 4.69) is 11.2 Å². The van der Waals surface area contributed by atoms with Crippen molar-refractivity contribution in [3.63, 3.8) is 0 Å². The van der Waals surface area contributed by atoms with Gasteiger partial charge >= 0.3 is 0 Å². The van der Waals surface area contributed by atoms with Crippen LogP contribution in [0, 0.1) is 18.2 Å². The number of carbonyl (C=O) groups is 2. The molecular weight excluding hydrogens is 363 g/mol. The molecular formula is C21H21FN2O2S. The highest BCUT2D eigenvalue weighted by atomic mass is 32.2. The van der Waals surface area contributed by atoms with E-state index in [4.69, 9.17) is 6.42 Å². The van der Waals surface area contributed by atoms with Gasteiger partial charge in [-0.25, -0.2) is 4.39 Å². The molecule has 0 aliphatic rings. The maximum absolute atomic E-state index is 13.1. The molecule has 0 bridgehead atoms. The third-order valence-corrected chi connectivity index (χ3v) is 4.82. The van der Waals surface area contributed by atoms with Crippen LogP contribution < -0.4 is 5.32 Å². The van der Waals surface area contributed by atoms with Crippen molar-refractivity contribution in [1.29, 1.82) is 0 Å². The second kappa shape index (κ2) is 9.79. The standard InChI is InChI=1S/C21H21FN2O2S/c1-4-13-24(14-17-5-7-18(22)8-6-17)21(26)15(2)27-20-11-9-19(10-12-20)23-16(3)25/h1,5-12,15H,13-14H2,2-3H3,(H,23,25). The molecule has 2 aromatic carbocycles. The molecule has 1 unspecified atom stereocenters. The highest BCUT2D eigenvalue weighted by Gasteiger charge is 2.21. The van der Waals surface area contributed by atoms with Crippen molar-refractivity contribution in [2.75, 3.05) is 11.9 Å². The molecule has 0 aliphatic heterocycles. The van der Waals surface area contributed by atoms with Crippen LogP contribution in [0.5, 0.6) is 0 Å². The fourth-order valence-corrected chi connectivity index (χ4v) is 3.42. The molecule has 4 nitrogen and oxygen atoms in total. The van der Waals surface area contributed by atoms with E-state index in [9.17, 15) is 14.0 Å². The largest absolute Gasteiger partial charge is 0.326 e. The summed E-state index contributed by atoms with van der Waals surface area (Å²) >= 11 is 1.41. The fourth-order valence-electron chi connectivity index (χ4n) is 2.46. The predicted molar refractivity (Wildman–Crippen MR) is 107 cm³/mol. The quantitative estimate of drug-likeness (QED) is 0.581. The summed E-state index contributed by atoms with van der Waals surface area (Å²) in [6.07, 6.45) is 5.41. The number of terminal acetylenes is 1. The lowest BCUT2D eigenvalue weighted by Gasteiger charge is -2.24. The molecule has 1 N–H and O–H groups in total. The zero-order chi connectivity index (χ0) is 19.8. The number of hydrogen-bond acceptors (Lipinski definition) is 3. The zero-order valence-corrected chi connectivity index (χ0v) is 16.1. The van der Waals surface area contributed by atoms with E-state index >= 15 is 0 Å². The van der Waals surface area contributed by atoms with Crippen LogP contribution in [0.1, 0.15) is 19.4 Å². The Morgan fingerprint density at radius 2 is 1.81 bits per heavy atom. The van der Waals surface area contributed by atoms with Crippen LogP contribution in [0.3, 0.4) is 0 Å². The van der Waals surface area contributed by atoms with E-state index in [0.29, 0.717) is 12.2 Å². The van der Waals surface area contributed by atoms with Gasteiger partial charge in [-0.3, -0.25) is 9.59 Å². The molecule has 0 saturated carbocycles. The van der Waals surface area contributed by atoms with Gasteiger partial charge in [-0.05, 0) is 48.9 Å². The minimum Gasteiger partial charge on any atom is -0.326 e. The van der Waals surface area contributed by atoms with Crippen molar-refractivity contribution < 1.29 is 14.0 Å². The lowest BCUT2D eigenvalue weighted by Crippen LogP contribution is -2.36. The third-order valence-electron chi connectivity index (χ3n) is 3.72. The topological polar surface area (TPSA) is 49.4 Å². The lowest BCUT2D eigenvalue weighted by atomic mass is 10.2. The Kier molecular flexibility index (Phi) is 7.44. The van der Waals surface area contributed by atoms with E-state index in [1.165, 1.54) is 30.8 Å². The van der Waals surface area contributed by atoms with E-state index in [1.54, 1.807) is 29.2 Å². The van der Waals surface area contributed by atoms with Crippen LogP contribution in [0.25, 0.3) is 0 Å². The van der Waals surface area contributed by atoms with Crippen molar-refractivity contribution in [2.24, 2.45) is 0 Å². The van der Waals surface area contributed by atoms with Gasteiger partial charge < -0.3 is 10.2 Å². The number of benzene rings is 2. The summed E-state index contributed by atoms with van der Waals surface area (Å²) in [6.45, 7) is 3.78. The number of nitrogens with zero attached hydrogens (tertiary/aromatic N) is 1. The van der Waals surface area contributed by atoms with Crippen LogP contribution in [0.15, 0.2) is 53.4 Å². The van der Waals surface area contributed by atoms with Gasteiger partial charge in [0.25, 0.3) is 0 Å². The molecule has 2 rings (SSSR count). The molecule has 0 saturated heterocycles. The number of anilines is 1. The summed E-state index contributed by atoms with van der Waals surface area (Å²) in [5, 5.41) is 2.36. The summed E-state index contributed by atoms with van der Waals surface area (Å²) < 4.78 is 13.1. The monoisotopic (exact) mass is 384 g/mol. The number of thioether (sulfide) groups is 1. The molecule has 0 aliphatic carbocycles. The highest BCUT2D eigenvalue weighted by molar-refractivity contribution is 8.00. The van der Waals surface area contributed by atoms with E-state index in [1.807, 2.05) is 19.1 Å². The Hall–Kier alpha value is -2.78. The van der Waals surface area contributed by atoms with E-state index in [-0.39, 0.29) is 29.4 Å². The number of halogens is 1. The number of nitrogens with one attached hydrogen (secondary N) is 1. The summed E-state index contributed by atoms with van der Waals surface area (Å²) in [7, 11) is 0. The van der Waals surface area contributed by atoms with E-state index < -0.39 is 0 Å². The van der Waals surface area contributed by atoms with Crippen molar-refractivity contribution >= 4 is 29.3 Å². The normalized spacial score (nSPS) is 11.3. The Balaban J connectivity index is 2.02. The van der Waals surface area contributed by atoms with Crippen LogP contribution in [0.4, 0.5) is 10.1 Å². The molecule has 1 atom stereocenters. The van der Waals surface area contributed by atoms with Gasteiger partial charge in [0.1, 0.15) is 5.82 Å². The van der Waals surface area contributed by atoms with Crippen molar-refractivity contribution in [3.05, 3.63) is 59.9 Å². The molecule has 0 radical (unpaired) electrons. The van der Waals surface area contributed by atoms with Gasteiger partial charge in [0.15, 0.2) is 0 Å². The highest BCUT2D eigenvalue weighted by Crippen LogP contribution is 2.26. The zero-order valence-electron chi connectivity index (χ0n) is 15.2. The molecule has 2 amide bonds. The average molecular weight is 384 g/mol. The Morgan fingerprint density at radius 3 is 2.37 bits per heavy atom. The Labute approximate surface area is 163 Å². The van der Waals surface area contributed by atoms with Crippen LogP contribution in [-0.4, -0.2) is 28.5 Å². The molecule has 0 aromatic heterocycles. The predicted octanol–water partition coefficient (Wildman–Crippen LogP) is 3.93. The van der Waals surface area contributed by atoms with Crippen molar-refractivity contribution in [1.82, 2.24) is 4.90 Å². The summed E-state index contributed by atoms with van der Waals surface area (Å²) in [6, 6.07) is 13.3. The van der Waals surface area contributed by atoms with Gasteiger partial charge in [0.2, 0.25) is 11.8 Å². The minimum atomic E-state index is -0.342. The first-order chi connectivity index (χ1) is 12.9. The lowest BCUT2D eigenvalue weighted by molar-refractivity contribution is -0.130. The first-order valence-corrected chi connectivity index (χ1v) is 9.28. The number of hydrogen-bond donors (Lipinski definition) is 1. The first-order valence-electron chi connectivity index (χ1n) is 8.40. The Bertz CT molecular complexity index is 829. The second-order valence-corrected chi connectivity index (χ2v) is 7.40. The number of carbonyl (C=O) groups excluding carboxylic acids is 2. The molecule has 0 heterocycles. The van der Waals surface area contributed by atoms with Gasteiger partial charge in [0, 0.05) is 24.1 Å². The second-order valence-electron chi connectivity index (χ2n) is 5.99. The molecule has 0 fully saturated rings. The van der Waals surface area contributed by atoms with Gasteiger partial charge in [0.05, 0.1) is 11.8 Å². The van der Waals surface area contributed by atoms with E-state index in [0.717, 1.165) is 10.5 Å². The summed E-state index contributed by atoms with van der Waals surface area (Å²) in [5.41, 5.74) is 1.52. The SMILES string of the molecule is C#CCN(Cc1ccc(F)cc1)C(=O)C(C)Sc1ccc(NC(C)=O)cc1. The van der Waals surface area contributed by atoms with Crippen LogP contribution in [-0.2, 0) is 16.1 Å². The third kappa shape index (κ3) is 6.46. The smallest absolute Gasteiger partial charge is 0.236 e. The molecule has 27 heavy (non-hydrogen) atoms. The maximum atomic E-state index is 13.1. The molecule has 2 aromatic rings.